The summed E-state index contributed by atoms with van der Waals surface area (Å²) in [7, 11) is 3.30. The Morgan fingerprint density at radius 2 is 1.77 bits per heavy atom. The molecule has 0 spiro atoms. The molecule has 0 bridgehead atoms. The van der Waals surface area contributed by atoms with Gasteiger partial charge in [0.1, 0.15) is 5.65 Å². The second-order valence-electron chi connectivity index (χ2n) is 5.05. The highest BCUT2D eigenvalue weighted by molar-refractivity contribution is 7.71. The smallest absolute Gasteiger partial charge is 0.316 e. The van der Waals surface area contributed by atoms with E-state index in [1.54, 1.807) is 42.9 Å². The number of nitrogens with zero attached hydrogens (tertiary/aromatic N) is 3. The molecule has 0 unspecified atom stereocenters. The molecule has 6 nitrogen and oxygen atoms in total. The molecule has 0 aliphatic carbocycles. The third kappa shape index (κ3) is 2.22. The van der Waals surface area contributed by atoms with Gasteiger partial charge in [0.05, 0.1) is 6.54 Å². The van der Waals surface area contributed by atoms with Crippen molar-refractivity contribution in [2.75, 3.05) is 0 Å². The van der Waals surface area contributed by atoms with Crippen molar-refractivity contribution in [2.24, 2.45) is 14.1 Å². The van der Waals surface area contributed by atoms with Gasteiger partial charge in [-0.05, 0) is 29.9 Å². The minimum absolute atomic E-state index is 0.177. The van der Waals surface area contributed by atoms with Gasteiger partial charge in [-0.15, -0.1) is 0 Å². The van der Waals surface area contributed by atoms with E-state index in [4.69, 9.17) is 23.8 Å². The van der Waals surface area contributed by atoms with E-state index in [9.17, 15) is 9.59 Å². The fourth-order valence-corrected chi connectivity index (χ4v) is 2.71. The number of aromatic amines is 1. The second-order valence-corrected chi connectivity index (χ2v) is 5.87. The molecule has 0 radical (unpaired) electrons. The van der Waals surface area contributed by atoms with E-state index >= 15 is 0 Å². The van der Waals surface area contributed by atoms with Gasteiger partial charge in [-0.3, -0.25) is 13.9 Å². The molecular formula is C14H13ClN4O2S. The Morgan fingerprint density at radius 1 is 1.14 bits per heavy atom. The monoisotopic (exact) mass is 336 g/mol. The number of rotatable bonds is 2. The van der Waals surface area contributed by atoms with Crippen LogP contribution in [0.2, 0.25) is 5.02 Å². The molecule has 3 rings (SSSR count). The highest BCUT2D eigenvalue weighted by atomic mass is 35.5. The quantitative estimate of drug-likeness (QED) is 0.726. The van der Waals surface area contributed by atoms with Crippen LogP contribution in [-0.2, 0) is 20.6 Å². The van der Waals surface area contributed by atoms with Crippen LogP contribution in [0.1, 0.15) is 5.56 Å². The molecule has 2 aromatic heterocycles. The zero-order valence-corrected chi connectivity index (χ0v) is 13.5. The molecule has 0 fully saturated rings. The molecule has 22 heavy (non-hydrogen) atoms. The average molecular weight is 337 g/mol. The van der Waals surface area contributed by atoms with Crippen molar-refractivity contribution in [1.29, 1.82) is 0 Å². The molecule has 1 N–H and O–H groups in total. The van der Waals surface area contributed by atoms with E-state index < -0.39 is 5.69 Å². The van der Waals surface area contributed by atoms with Gasteiger partial charge in [0.25, 0.3) is 5.56 Å². The lowest BCUT2D eigenvalue weighted by molar-refractivity contribution is 0.655. The topological polar surface area (TPSA) is 64.7 Å². The van der Waals surface area contributed by atoms with E-state index in [1.165, 1.54) is 9.13 Å². The summed E-state index contributed by atoms with van der Waals surface area (Å²) >= 11 is 11.0. The Morgan fingerprint density at radius 3 is 2.41 bits per heavy atom. The third-order valence-corrected chi connectivity index (χ3v) is 4.27. The molecule has 0 amide bonds. The Hall–Kier alpha value is -2.12. The molecule has 0 aliphatic rings. The highest BCUT2D eigenvalue weighted by Crippen LogP contribution is 2.10. The lowest BCUT2D eigenvalue weighted by Gasteiger charge is -2.09. The summed E-state index contributed by atoms with van der Waals surface area (Å²) in [5.74, 6) is 0. The number of H-pyrrole nitrogens is 1. The summed E-state index contributed by atoms with van der Waals surface area (Å²) < 4.78 is 4.55. The van der Waals surface area contributed by atoms with E-state index in [0.717, 1.165) is 5.56 Å². The van der Waals surface area contributed by atoms with Crippen molar-refractivity contribution in [3.8, 4) is 0 Å². The summed E-state index contributed by atoms with van der Waals surface area (Å²) in [6, 6.07) is 7.02. The van der Waals surface area contributed by atoms with Crippen molar-refractivity contribution >= 4 is 35.0 Å². The molecule has 1 aromatic carbocycles. The first-order valence-corrected chi connectivity index (χ1v) is 7.31. The molecule has 0 atom stereocenters. The minimum atomic E-state index is -0.399. The summed E-state index contributed by atoms with van der Waals surface area (Å²) in [4.78, 5) is 28.0. The minimum Gasteiger partial charge on any atom is -0.316 e. The second kappa shape index (κ2) is 5.26. The largest absolute Gasteiger partial charge is 0.332 e. The van der Waals surface area contributed by atoms with Crippen molar-refractivity contribution in [1.82, 2.24) is 18.7 Å². The van der Waals surface area contributed by atoms with Gasteiger partial charge in [-0.25, -0.2) is 4.79 Å². The summed E-state index contributed by atoms with van der Waals surface area (Å²) in [6.07, 6.45) is 0. The standard InChI is InChI=1S/C14H13ClN4O2S/c1-17-10-11(16-13(17)22)18(2)14(21)19(12(10)20)7-8-3-5-9(15)6-4-8/h3-6H,7H2,1-2H3,(H,16,22). The Labute approximate surface area is 135 Å². The number of aromatic nitrogens is 4. The molecule has 3 aromatic rings. The third-order valence-electron chi connectivity index (χ3n) is 3.64. The summed E-state index contributed by atoms with van der Waals surface area (Å²) in [5, 5.41) is 0.604. The highest BCUT2D eigenvalue weighted by Gasteiger charge is 2.15. The number of hydrogen-bond acceptors (Lipinski definition) is 3. The first kappa shape index (κ1) is 14.8. The summed E-state index contributed by atoms with van der Waals surface area (Å²) in [5.41, 5.74) is 0.850. The molecule has 8 heteroatoms. The lowest BCUT2D eigenvalue weighted by atomic mass is 10.2. The van der Waals surface area contributed by atoms with Crippen LogP contribution in [0.25, 0.3) is 11.2 Å². The molecular weight excluding hydrogens is 324 g/mol. The lowest BCUT2D eigenvalue weighted by Crippen LogP contribution is -2.39. The van der Waals surface area contributed by atoms with Gasteiger partial charge in [-0.1, -0.05) is 23.7 Å². The van der Waals surface area contributed by atoms with E-state index in [2.05, 4.69) is 4.98 Å². The fraction of sp³-hybridized carbons (Fsp3) is 0.214. The van der Waals surface area contributed by atoms with E-state index in [0.29, 0.717) is 21.0 Å². The van der Waals surface area contributed by atoms with Crippen LogP contribution in [0, 0.1) is 4.77 Å². The zero-order valence-electron chi connectivity index (χ0n) is 12.0. The van der Waals surface area contributed by atoms with Crippen LogP contribution in [0.5, 0.6) is 0 Å². The van der Waals surface area contributed by atoms with E-state index in [-0.39, 0.29) is 12.1 Å². The van der Waals surface area contributed by atoms with Crippen LogP contribution < -0.4 is 11.2 Å². The number of hydrogen-bond donors (Lipinski definition) is 1. The number of aryl methyl sites for hydroxylation is 2. The van der Waals surface area contributed by atoms with Crippen molar-refractivity contribution in [3.05, 3.63) is 60.5 Å². The SMILES string of the molecule is Cn1c(=O)n(Cc2ccc(Cl)cc2)c(=O)c2c1[nH]c(=S)n2C. The average Bonchev–Trinajstić information content (AvgIpc) is 2.79. The number of nitrogens with one attached hydrogen (secondary N) is 1. The Balaban J connectivity index is 2.28. The van der Waals surface area contributed by atoms with Crippen molar-refractivity contribution in [3.63, 3.8) is 0 Å². The maximum Gasteiger partial charge on any atom is 0.332 e. The first-order chi connectivity index (χ1) is 10.4. The fourth-order valence-electron chi connectivity index (χ4n) is 2.40. The molecule has 114 valence electrons. The predicted octanol–water partition coefficient (Wildman–Crippen LogP) is 1.80. The number of benzene rings is 1. The van der Waals surface area contributed by atoms with E-state index in [1.807, 2.05) is 0 Å². The van der Waals surface area contributed by atoms with Gasteiger partial charge >= 0.3 is 5.69 Å². The van der Waals surface area contributed by atoms with Gasteiger partial charge < -0.3 is 9.55 Å². The number of halogens is 1. The number of fused-ring (bicyclic) bond motifs is 1. The number of imidazole rings is 1. The predicted molar refractivity (Wildman–Crippen MR) is 88.2 cm³/mol. The van der Waals surface area contributed by atoms with Crippen LogP contribution in [0.15, 0.2) is 33.9 Å². The zero-order chi connectivity index (χ0) is 16.0. The van der Waals surface area contributed by atoms with Gasteiger partial charge in [-0.2, -0.15) is 0 Å². The Bertz CT molecular complexity index is 1040. The van der Waals surface area contributed by atoms with Crippen LogP contribution in [0.3, 0.4) is 0 Å². The summed E-state index contributed by atoms with van der Waals surface area (Å²) in [6.45, 7) is 0.177. The maximum absolute atomic E-state index is 12.6. The normalized spacial score (nSPS) is 11.2. The van der Waals surface area contributed by atoms with Crippen LogP contribution >= 0.6 is 23.8 Å². The van der Waals surface area contributed by atoms with Crippen molar-refractivity contribution < 1.29 is 0 Å². The molecule has 0 saturated heterocycles. The first-order valence-electron chi connectivity index (χ1n) is 6.53. The van der Waals surface area contributed by atoms with Crippen LogP contribution in [0.4, 0.5) is 0 Å². The molecule has 0 saturated carbocycles. The van der Waals surface area contributed by atoms with Gasteiger partial charge in [0.2, 0.25) is 0 Å². The van der Waals surface area contributed by atoms with Crippen LogP contribution in [-0.4, -0.2) is 18.7 Å². The molecule has 2 heterocycles. The Kier molecular flexibility index (Phi) is 3.54. The van der Waals surface area contributed by atoms with Gasteiger partial charge in [0.15, 0.2) is 10.3 Å². The van der Waals surface area contributed by atoms with Crippen molar-refractivity contribution in [2.45, 2.75) is 6.54 Å². The molecule has 0 aliphatic heterocycles. The maximum atomic E-state index is 12.6. The van der Waals surface area contributed by atoms with Gasteiger partial charge in [0, 0.05) is 19.1 Å².